The number of hydrogen-bond acceptors (Lipinski definition) is 3. The maximum Gasteiger partial charge on any atom is 0.123 e. The van der Waals surface area contributed by atoms with Gasteiger partial charge in [-0.05, 0) is 48.2 Å². The summed E-state index contributed by atoms with van der Waals surface area (Å²) in [6.45, 7) is 2.08. The summed E-state index contributed by atoms with van der Waals surface area (Å²) in [5.74, 6) is -0.228. The van der Waals surface area contributed by atoms with Crippen LogP contribution in [-0.4, -0.2) is 5.71 Å². The molecule has 1 aliphatic heterocycles. The maximum atomic E-state index is 13.3. The Balaban J connectivity index is 1.73. The summed E-state index contributed by atoms with van der Waals surface area (Å²) >= 11 is 1.73. The van der Waals surface area contributed by atoms with E-state index >= 15 is 0 Å². The summed E-state index contributed by atoms with van der Waals surface area (Å²) in [5, 5.41) is 8.96. The molecule has 0 saturated carbocycles. The monoisotopic (exact) mass is 336 g/mol. The van der Waals surface area contributed by atoms with E-state index in [9.17, 15) is 4.39 Å². The third-order valence-electron chi connectivity index (χ3n) is 4.26. The first-order chi connectivity index (χ1) is 11.7. The van der Waals surface area contributed by atoms with Crippen molar-refractivity contribution in [2.75, 3.05) is 5.01 Å². The molecule has 1 atom stereocenters. The molecule has 0 aliphatic carbocycles. The SMILES string of the molecule is Cc1ccc(C2=NN(c3ccc(F)cc3)[C@@H](c3cccs3)C2)cc1. The first kappa shape index (κ1) is 15.1. The second-order valence-corrected chi connectivity index (χ2v) is 6.95. The second-order valence-electron chi connectivity index (χ2n) is 5.97. The Morgan fingerprint density at radius 3 is 2.46 bits per heavy atom. The summed E-state index contributed by atoms with van der Waals surface area (Å²) in [6, 6.07) is 19.4. The van der Waals surface area contributed by atoms with Gasteiger partial charge < -0.3 is 0 Å². The van der Waals surface area contributed by atoms with Crippen molar-refractivity contribution in [2.45, 2.75) is 19.4 Å². The average Bonchev–Trinajstić information content (AvgIpc) is 3.25. The number of thiophene rings is 1. The van der Waals surface area contributed by atoms with Gasteiger partial charge in [0.2, 0.25) is 0 Å². The minimum absolute atomic E-state index is 0.159. The molecular formula is C20H17FN2S. The molecule has 0 bridgehead atoms. The lowest BCUT2D eigenvalue weighted by molar-refractivity contribution is 0.626. The van der Waals surface area contributed by atoms with E-state index in [4.69, 9.17) is 5.10 Å². The standard InChI is InChI=1S/C20H17FN2S/c1-14-4-6-15(7-5-14)18-13-19(20-3-2-12-24-20)23(22-18)17-10-8-16(21)9-11-17/h2-12,19H,13H2,1H3/t19-/m1/s1. The van der Waals surface area contributed by atoms with Gasteiger partial charge in [-0.25, -0.2) is 4.39 Å². The molecule has 3 aromatic rings. The van der Waals surface area contributed by atoms with Gasteiger partial charge in [0, 0.05) is 11.3 Å². The number of anilines is 1. The Morgan fingerprint density at radius 2 is 1.79 bits per heavy atom. The summed E-state index contributed by atoms with van der Waals surface area (Å²) < 4.78 is 13.3. The van der Waals surface area contributed by atoms with Gasteiger partial charge in [-0.2, -0.15) is 5.10 Å². The highest BCUT2D eigenvalue weighted by atomic mass is 32.1. The van der Waals surface area contributed by atoms with Crippen LogP contribution in [0, 0.1) is 12.7 Å². The summed E-state index contributed by atoms with van der Waals surface area (Å²) in [5.41, 5.74) is 4.36. The first-order valence-corrected chi connectivity index (χ1v) is 8.81. The largest absolute Gasteiger partial charge is 0.257 e. The van der Waals surface area contributed by atoms with E-state index in [2.05, 4.69) is 48.7 Å². The van der Waals surface area contributed by atoms with Gasteiger partial charge in [0.15, 0.2) is 0 Å². The lowest BCUT2D eigenvalue weighted by atomic mass is 10.0. The summed E-state index contributed by atoms with van der Waals surface area (Å²) in [7, 11) is 0. The van der Waals surface area contributed by atoms with Gasteiger partial charge in [0.1, 0.15) is 5.82 Å². The quantitative estimate of drug-likeness (QED) is 0.612. The van der Waals surface area contributed by atoms with E-state index in [1.165, 1.54) is 22.6 Å². The lowest BCUT2D eigenvalue weighted by Gasteiger charge is -2.22. The smallest absolute Gasteiger partial charge is 0.123 e. The van der Waals surface area contributed by atoms with Gasteiger partial charge in [-0.3, -0.25) is 5.01 Å². The van der Waals surface area contributed by atoms with Gasteiger partial charge in [0.05, 0.1) is 17.4 Å². The Labute approximate surface area is 144 Å². The Bertz CT molecular complexity index is 852. The molecule has 0 unspecified atom stereocenters. The molecule has 4 heteroatoms. The Morgan fingerprint density at radius 1 is 1.04 bits per heavy atom. The van der Waals surface area contributed by atoms with Crippen LogP contribution in [0.4, 0.5) is 10.1 Å². The van der Waals surface area contributed by atoms with Crippen molar-refractivity contribution >= 4 is 22.7 Å². The Hall–Kier alpha value is -2.46. The third-order valence-corrected chi connectivity index (χ3v) is 5.23. The van der Waals surface area contributed by atoms with Crippen LogP contribution in [0.1, 0.15) is 28.5 Å². The van der Waals surface area contributed by atoms with Crippen LogP contribution in [-0.2, 0) is 0 Å². The van der Waals surface area contributed by atoms with Gasteiger partial charge in [-0.1, -0.05) is 35.9 Å². The van der Waals surface area contributed by atoms with Gasteiger partial charge in [-0.15, -0.1) is 11.3 Å². The molecule has 24 heavy (non-hydrogen) atoms. The molecule has 0 amide bonds. The topological polar surface area (TPSA) is 15.6 Å². The van der Waals surface area contributed by atoms with E-state index in [1.54, 1.807) is 23.5 Å². The lowest BCUT2D eigenvalue weighted by Crippen LogP contribution is -2.17. The molecule has 0 spiro atoms. The van der Waals surface area contributed by atoms with Crippen molar-refractivity contribution in [1.82, 2.24) is 0 Å². The fourth-order valence-electron chi connectivity index (χ4n) is 2.97. The van der Waals surface area contributed by atoms with E-state index in [-0.39, 0.29) is 11.9 Å². The second kappa shape index (κ2) is 6.21. The predicted molar refractivity (Wildman–Crippen MR) is 98.3 cm³/mol. The third kappa shape index (κ3) is 2.85. The van der Waals surface area contributed by atoms with Crippen molar-refractivity contribution in [3.8, 4) is 0 Å². The highest BCUT2D eigenvalue weighted by molar-refractivity contribution is 7.10. The van der Waals surface area contributed by atoms with Crippen molar-refractivity contribution in [3.63, 3.8) is 0 Å². The average molecular weight is 336 g/mol. The molecule has 2 aromatic carbocycles. The van der Waals surface area contributed by atoms with Crippen molar-refractivity contribution in [3.05, 3.63) is 87.9 Å². The molecular weight excluding hydrogens is 319 g/mol. The first-order valence-electron chi connectivity index (χ1n) is 7.93. The van der Waals surface area contributed by atoms with Crippen molar-refractivity contribution in [1.29, 1.82) is 0 Å². The minimum Gasteiger partial charge on any atom is -0.257 e. The number of hydrazone groups is 1. The number of nitrogens with zero attached hydrogens (tertiary/aromatic N) is 2. The van der Waals surface area contributed by atoms with Crippen LogP contribution in [0.2, 0.25) is 0 Å². The minimum atomic E-state index is -0.228. The van der Waals surface area contributed by atoms with Gasteiger partial charge in [0.25, 0.3) is 0 Å². The molecule has 0 saturated heterocycles. The van der Waals surface area contributed by atoms with Crippen LogP contribution in [0.15, 0.2) is 71.1 Å². The van der Waals surface area contributed by atoms with Crippen LogP contribution in [0.25, 0.3) is 0 Å². The fourth-order valence-corrected chi connectivity index (χ4v) is 3.78. The van der Waals surface area contributed by atoms with Crippen LogP contribution < -0.4 is 5.01 Å². The zero-order chi connectivity index (χ0) is 16.5. The number of benzene rings is 2. The Kier molecular flexibility index (Phi) is 3.90. The van der Waals surface area contributed by atoms with E-state index in [0.717, 1.165) is 23.4 Å². The zero-order valence-electron chi connectivity index (χ0n) is 13.3. The summed E-state index contributed by atoms with van der Waals surface area (Å²) in [4.78, 5) is 1.27. The van der Waals surface area contributed by atoms with Crippen molar-refractivity contribution < 1.29 is 4.39 Å². The molecule has 0 radical (unpaired) electrons. The molecule has 120 valence electrons. The number of hydrogen-bond donors (Lipinski definition) is 0. The van der Waals surface area contributed by atoms with Gasteiger partial charge >= 0.3 is 0 Å². The van der Waals surface area contributed by atoms with Crippen LogP contribution >= 0.6 is 11.3 Å². The van der Waals surface area contributed by atoms with E-state index in [1.807, 2.05) is 5.01 Å². The highest BCUT2D eigenvalue weighted by Crippen LogP contribution is 2.38. The maximum absolute atomic E-state index is 13.3. The summed E-state index contributed by atoms with van der Waals surface area (Å²) in [6.07, 6.45) is 0.848. The van der Waals surface area contributed by atoms with E-state index in [0.29, 0.717) is 0 Å². The fraction of sp³-hybridized carbons (Fsp3) is 0.150. The molecule has 1 aromatic heterocycles. The molecule has 2 heterocycles. The van der Waals surface area contributed by atoms with Crippen LogP contribution in [0.5, 0.6) is 0 Å². The number of rotatable bonds is 3. The molecule has 2 nitrogen and oxygen atoms in total. The van der Waals surface area contributed by atoms with Crippen LogP contribution in [0.3, 0.4) is 0 Å². The molecule has 0 N–H and O–H groups in total. The molecule has 4 rings (SSSR count). The zero-order valence-corrected chi connectivity index (χ0v) is 14.1. The normalized spacial score (nSPS) is 17.2. The molecule has 0 fully saturated rings. The number of aryl methyl sites for hydroxylation is 1. The van der Waals surface area contributed by atoms with E-state index < -0.39 is 0 Å². The van der Waals surface area contributed by atoms with Crippen molar-refractivity contribution in [2.24, 2.45) is 5.10 Å². The number of halogens is 1. The molecule has 1 aliphatic rings. The highest BCUT2D eigenvalue weighted by Gasteiger charge is 2.30. The predicted octanol–water partition coefficient (Wildman–Crippen LogP) is 5.55.